The molecule has 1 unspecified atom stereocenters. The monoisotopic (exact) mass is 1250 g/mol. The van der Waals surface area contributed by atoms with E-state index in [0.29, 0.717) is 10.9 Å². The average Bonchev–Trinajstić information content (AvgIpc) is 0.890. The van der Waals surface area contributed by atoms with Crippen LogP contribution in [0.1, 0.15) is 0 Å². The van der Waals surface area contributed by atoms with Crippen molar-refractivity contribution in [3.05, 3.63) is 291 Å². The number of rotatable bonds is 7. The van der Waals surface area contributed by atoms with Crippen LogP contribution in [-0.4, -0.2) is 0 Å². The van der Waals surface area contributed by atoms with Gasteiger partial charge in [0.2, 0.25) is 0 Å². The van der Waals surface area contributed by atoms with Crippen LogP contribution < -0.4 is 31.8 Å². The second-order valence-electron chi connectivity index (χ2n) is 24.3. The van der Waals surface area contributed by atoms with E-state index in [0.717, 1.165) is 151 Å². The molecule has 0 radical (unpaired) electrons. The van der Waals surface area contributed by atoms with Crippen LogP contribution in [0.2, 0.25) is 0 Å². The highest BCUT2D eigenvalue weighted by molar-refractivity contribution is 7.86. The highest BCUT2D eigenvalue weighted by Gasteiger charge is 2.36. The number of benzene rings is 16. The van der Waals surface area contributed by atoms with Crippen LogP contribution >= 0.6 is 37.0 Å². The Morgan fingerprint density at radius 2 is 0.554 bits per heavy atom. The number of fused-ring (bicyclic) bond motifs is 24. The lowest BCUT2D eigenvalue weighted by Crippen LogP contribution is -2.25. The van der Waals surface area contributed by atoms with Gasteiger partial charge in [-0.3, -0.25) is 0 Å². The van der Waals surface area contributed by atoms with Gasteiger partial charge in [-0.1, -0.05) is 182 Å². The summed E-state index contributed by atoms with van der Waals surface area (Å²) in [5.74, 6) is 0. The Balaban J connectivity index is 0.771. The fraction of sp³-hybridized carbons (Fsp3) is 0. The van der Waals surface area contributed by atoms with E-state index in [9.17, 15) is 0 Å². The number of para-hydroxylation sites is 1. The lowest BCUT2D eigenvalue weighted by atomic mass is 9.92. The maximum atomic E-state index is 17.5. The quantitative estimate of drug-likeness (QED) is 0.118. The van der Waals surface area contributed by atoms with Crippen molar-refractivity contribution < 1.29 is 18.0 Å². The molecule has 0 bridgehead atoms. The first-order valence-corrected chi connectivity index (χ1v) is 36.0. The molecule has 4 nitrogen and oxygen atoms in total. The van der Waals surface area contributed by atoms with Crippen LogP contribution in [0.3, 0.4) is 0 Å². The van der Waals surface area contributed by atoms with Crippen LogP contribution in [-0.2, 0) is 9.13 Å². The molecule has 430 valence electrons. The van der Waals surface area contributed by atoms with Gasteiger partial charge in [-0.05, 0) is 174 Å². The number of hydrogen-bond donors (Lipinski definition) is 0. The van der Waals surface area contributed by atoms with E-state index in [1.165, 1.54) is 29.6 Å². The molecule has 4 heterocycles. The Morgan fingerprint density at radius 1 is 0.217 bits per heavy atom. The molecular formula is C84H48O4P2S2. The summed E-state index contributed by atoms with van der Waals surface area (Å²) in [7, 11) is -7.37. The molecule has 0 fully saturated rings. The lowest BCUT2D eigenvalue weighted by molar-refractivity contribution is 0.592. The maximum absolute atomic E-state index is 17.5. The Kier molecular flexibility index (Phi) is 11.1. The first-order chi connectivity index (χ1) is 45.3. The van der Waals surface area contributed by atoms with Crippen molar-refractivity contribution in [1.82, 2.24) is 0 Å². The molecule has 8 heteroatoms. The topological polar surface area (TPSA) is 60.4 Å². The van der Waals surface area contributed by atoms with E-state index in [-0.39, 0.29) is 0 Å². The van der Waals surface area contributed by atoms with Gasteiger partial charge in [-0.2, -0.15) is 0 Å². The standard InChI is InChI=1S/C84H48O4P2S2/c85-89(51-33-39-74-69(45-51)60-19-7-10-26-73(60)87-74,77-27-13-24-66-57-16-2-1-15-55(57)56-17-3-5-22-64(56)83(66)77)52-34-40-75-70(46-52)61-38-32-50(44-76(61)88-75)49-31-37-59-58-18-4-6-23-65(58)84-67(68(59)43-49)25-14-28-78(84)90(86,53-35-41-81-71(47-53)62-20-8-11-29-79(62)91-81)54-36-42-82-72(48-54)63-21-9-12-30-80(63)92-82/h1-48H. The molecule has 20 rings (SSSR count). The largest absolute Gasteiger partial charge is 0.456 e. The van der Waals surface area contributed by atoms with Gasteiger partial charge >= 0.3 is 0 Å². The summed E-state index contributed by atoms with van der Waals surface area (Å²) in [6, 6.07) is 102. The van der Waals surface area contributed by atoms with Gasteiger partial charge in [0, 0.05) is 104 Å². The predicted molar refractivity (Wildman–Crippen MR) is 396 cm³/mol. The van der Waals surface area contributed by atoms with Gasteiger partial charge in [0.05, 0.1) is 0 Å². The van der Waals surface area contributed by atoms with Crippen LogP contribution in [0.25, 0.3) is 160 Å². The molecule has 0 spiro atoms. The molecule has 0 saturated carbocycles. The minimum absolute atomic E-state index is 0.712. The third kappa shape index (κ3) is 7.41. The average molecular weight is 1250 g/mol. The molecular weight excluding hydrogens is 1200 g/mol. The van der Waals surface area contributed by atoms with Crippen LogP contribution in [0.5, 0.6) is 0 Å². The molecule has 0 amide bonds. The fourth-order valence-corrected chi connectivity index (χ4v) is 23.3. The summed E-state index contributed by atoms with van der Waals surface area (Å²) in [5, 5.41) is 25.9. The molecule has 0 aliphatic carbocycles. The van der Waals surface area contributed by atoms with Gasteiger partial charge in [0.15, 0.2) is 14.3 Å². The zero-order valence-electron chi connectivity index (χ0n) is 49.1. The fourth-order valence-electron chi connectivity index (χ4n) is 15.4. The number of furan rings is 2. The third-order valence-corrected chi connectivity index (χ3v) is 28.0. The van der Waals surface area contributed by atoms with Crippen LogP contribution in [0, 0.1) is 0 Å². The summed E-state index contributed by atoms with van der Waals surface area (Å²) in [6.45, 7) is 0. The SMILES string of the molecule is O=P(c1ccc2oc3ccccc3c2c1)(c1ccc2oc3cc(-c4ccc5c6ccccc6c6c(P(=O)(c7ccc8sc9ccccc9c8c7)c7ccc8sc9ccccc9c8c7)cccc6c5c4)ccc3c2c1)c1cccc2c3ccccc3c3ccccc3c12. The smallest absolute Gasteiger partial charge is 0.171 e. The molecule has 0 aliphatic heterocycles. The minimum Gasteiger partial charge on any atom is -0.456 e. The summed E-state index contributed by atoms with van der Waals surface area (Å²) in [5.41, 5.74) is 5.01. The normalized spacial score (nSPS) is 13.2. The Labute approximate surface area is 534 Å². The number of thiophene rings is 2. The van der Waals surface area contributed by atoms with Crippen molar-refractivity contribution in [2.75, 3.05) is 0 Å². The Bertz CT molecular complexity index is 6580. The van der Waals surface area contributed by atoms with Crippen LogP contribution in [0.4, 0.5) is 0 Å². The van der Waals surface area contributed by atoms with Gasteiger partial charge in [-0.15, -0.1) is 22.7 Å². The molecule has 4 aromatic heterocycles. The van der Waals surface area contributed by atoms with Gasteiger partial charge in [0.25, 0.3) is 0 Å². The van der Waals surface area contributed by atoms with E-state index < -0.39 is 14.3 Å². The zero-order valence-corrected chi connectivity index (χ0v) is 52.5. The van der Waals surface area contributed by atoms with Gasteiger partial charge < -0.3 is 18.0 Å². The Hall–Kier alpha value is -10.4. The van der Waals surface area contributed by atoms with Crippen molar-refractivity contribution in [3.8, 4) is 11.1 Å². The summed E-state index contributed by atoms with van der Waals surface area (Å²) < 4.78 is 53.0. The predicted octanol–water partition coefficient (Wildman–Crippen LogP) is 22.1. The molecule has 20 aromatic rings. The van der Waals surface area contributed by atoms with Crippen molar-refractivity contribution in [3.63, 3.8) is 0 Å². The van der Waals surface area contributed by atoms with Crippen LogP contribution in [0.15, 0.2) is 300 Å². The zero-order chi connectivity index (χ0) is 60.6. The summed E-state index contributed by atoms with van der Waals surface area (Å²) in [4.78, 5) is 0. The summed E-state index contributed by atoms with van der Waals surface area (Å²) in [6.07, 6.45) is 0. The van der Waals surface area contributed by atoms with Crippen molar-refractivity contribution in [2.24, 2.45) is 0 Å². The molecule has 0 saturated heterocycles. The van der Waals surface area contributed by atoms with E-state index >= 15 is 9.13 Å². The second-order valence-corrected chi connectivity index (χ2v) is 32.0. The molecule has 16 aromatic carbocycles. The van der Waals surface area contributed by atoms with Gasteiger partial charge in [-0.25, -0.2) is 0 Å². The second kappa shape index (κ2) is 19.5. The maximum Gasteiger partial charge on any atom is 0.171 e. The molecule has 0 aliphatic rings. The highest BCUT2D eigenvalue weighted by atomic mass is 32.1. The third-order valence-electron chi connectivity index (χ3n) is 19.6. The lowest BCUT2D eigenvalue weighted by Gasteiger charge is -2.24. The highest BCUT2D eigenvalue weighted by Crippen LogP contribution is 2.52. The van der Waals surface area contributed by atoms with E-state index in [1.54, 1.807) is 22.7 Å². The van der Waals surface area contributed by atoms with Gasteiger partial charge in [0.1, 0.15) is 22.3 Å². The summed E-state index contributed by atoms with van der Waals surface area (Å²) >= 11 is 3.55. The van der Waals surface area contributed by atoms with E-state index in [1.807, 2.05) is 42.5 Å². The molecule has 1 atom stereocenters. The van der Waals surface area contributed by atoms with Crippen molar-refractivity contribution in [2.45, 2.75) is 0 Å². The first kappa shape index (κ1) is 52.4. The molecule has 92 heavy (non-hydrogen) atoms. The van der Waals surface area contributed by atoms with E-state index in [4.69, 9.17) is 8.83 Å². The van der Waals surface area contributed by atoms with E-state index in [2.05, 4.69) is 249 Å². The van der Waals surface area contributed by atoms with Crippen molar-refractivity contribution >= 4 is 218 Å². The van der Waals surface area contributed by atoms with Crippen molar-refractivity contribution in [1.29, 1.82) is 0 Å². The Morgan fingerprint density at radius 3 is 1.08 bits per heavy atom. The minimum atomic E-state index is -3.72. The molecule has 0 N–H and O–H groups in total. The number of hydrogen-bond acceptors (Lipinski definition) is 6. The first-order valence-electron chi connectivity index (χ1n) is 31.0.